The number of ketones is 1. The standard InChI is InChI=1S/C31H35N3O6S/c1-38-19-25(35)34-28(24-5-4-18-41-24)27(30(36)21-8-12-23(40-3)13-9-21)26(20-6-10-22(39-2)11-7-20)29(34)31(37)33-16-14-32-15-17-33/h4-13,18,26-29,32H,14-17,19H2,1-3H3. The predicted molar refractivity (Wildman–Crippen MR) is 156 cm³/mol. The fourth-order valence-electron chi connectivity index (χ4n) is 6.01. The van der Waals surface area contributed by atoms with Gasteiger partial charge >= 0.3 is 0 Å². The molecule has 1 N–H and O–H groups in total. The van der Waals surface area contributed by atoms with E-state index in [1.807, 2.05) is 41.8 Å². The first-order valence-electron chi connectivity index (χ1n) is 13.6. The van der Waals surface area contributed by atoms with Crippen LogP contribution in [-0.2, 0) is 14.3 Å². The Morgan fingerprint density at radius 1 is 0.902 bits per heavy atom. The summed E-state index contributed by atoms with van der Waals surface area (Å²) in [6.45, 7) is 2.18. The molecule has 2 aromatic carbocycles. The van der Waals surface area contributed by atoms with Gasteiger partial charge in [-0.05, 0) is 53.4 Å². The zero-order chi connectivity index (χ0) is 28.9. The van der Waals surface area contributed by atoms with Gasteiger partial charge in [-0.3, -0.25) is 14.4 Å². The molecule has 2 saturated heterocycles. The molecule has 2 amide bonds. The van der Waals surface area contributed by atoms with Crippen LogP contribution in [0.4, 0.5) is 0 Å². The van der Waals surface area contributed by atoms with Crippen molar-refractivity contribution in [3.63, 3.8) is 0 Å². The first-order chi connectivity index (χ1) is 20.0. The molecule has 0 bridgehead atoms. The fraction of sp³-hybridized carbons (Fsp3) is 0.387. The van der Waals surface area contributed by atoms with Crippen LogP contribution in [0.25, 0.3) is 0 Å². The van der Waals surface area contributed by atoms with Crippen molar-refractivity contribution in [2.45, 2.75) is 18.0 Å². The van der Waals surface area contributed by atoms with E-state index >= 15 is 0 Å². The molecule has 3 aromatic rings. The van der Waals surface area contributed by atoms with Crippen molar-refractivity contribution in [2.24, 2.45) is 5.92 Å². The summed E-state index contributed by atoms with van der Waals surface area (Å²) < 4.78 is 16.0. The van der Waals surface area contributed by atoms with E-state index in [0.717, 1.165) is 10.4 Å². The van der Waals surface area contributed by atoms with Crippen LogP contribution in [0, 0.1) is 5.92 Å². The first-order valence-corrected chi connectivity index (χ1v) is 14.5. The van der Waals surface area contributed by atoms with Gasteiger partial charge in [0.1, 0.15) is 24.1 Å². The summed E-state index contributed by atoms with van der Waals surface area (Å²) in [5.74, 6) is -0.669. The lowest BCUT2D eigenvalue weighted by Crippen LogP contribution is -2.55. The number of rotatable bonds is 9. The summed E-state index contributed by atoms with van der Waals surface area (Å²) >= 11 is 1.47. The molecule has 41 heavy (non-hydrogen) atoms. The number of thiophene rings is 1. The Kier molecular flexibility index (Phi) is 9.02. The van der Waals surface area contributed by atoms with Gasteiger partial charge in [-0.15, -0.1) is 11.3 Å². The van der Waals surface area contributed by atoms with E-state index in [2.05, 4.69) is 5.32 Å². The summed E-state index contributed by atoms with van der Waals surface area (Å²) in [6, 6.07) is 16.7. The zero-order valence-corrected chi connectivity index (χ0v) is 24.3. The van der Waals surface area contributed by atoms with Gasteiger partial charge in [0, 0.05) is 49.6 Å². The normalized spacial score (nSPS) is 22.4. The predicted octanol–water partition coefficient (Wildman–Crippen LogP) is 3.38. The van der Waals surface area contributed by atoms with Crippen molar-refractivity contribution in [1.29, 1.82) is 0 Å². The number of amides is 2. The minimum absolute atomic E-state index is 0.141. The van der Waals surface area contributed by atoms with Crippen molar-refractivity contribution in [2.75, 3.05) is 54.1 Å². The van der Waals surface area contributed by atoms with Crippen LogP contribution in [0.1, 0.15) is 32.8 Å². The number of hydrogen-bond donors (Lipinski definition) is 1. The lowest BCUT2D eigenvalue weighted by atomic mass is 9.77. The number of methoxy groups -OCH3 is 3. The van der Waals surface area contributed by atoms with E-state index in [9.17, 15) is 14.4 Å². The van der Waals surface area contributed by atoms with Crippen LogP contribution in [0.3, 0.4) is 0 Å². The number of benzene rings is 2. The minimum atomic E-state index is -0.900. The fourth-order valence-corrected chi connectivity index (χ4v) is 6.88. The molecular formula is C31H35N3O6S. The SMILES string of the molecule is COCC(=O)N1C(C(=O)N2CCNCC2)C(c2ccc(OC)cc2)C(C(=O)c2ccc(OC)cc2)C1c1cccs1. The third-order valence-corrected chi connectivity index (χ3v) is 8.86. The molecule has 0 radical (unpaired) electrons. The van der Waals surface area contributed by atoms with E-state index in [-0.39, 0.29) is 24.2 Å². The minimum Gasteiger partial charge on any atom is -0.497 e. The van der Waals surface area contributed by atoms with Gasteiger partial charge in [0.05, 0.1) is 26.2 Å². The average molecular weight is 578 g/mol. The highest BCUT2D eigenvalue weighted by atomic mass is 32.1. The first kappa shape index (κ1) is 28.8. The van der Waals surface area contributed by atoms with E-state index in [1.165, 1.54) is 18.4 Å². The van der Waals surface area contributed by atoms with Gasteiger partial charge in [-0.2, -0.15) is 0 Å². The van der Waals surface area contributed by atoms with Gasteiger partial charge < -0.3 is 29.3 Å². The van der Waals surface area contributed by atoms with Crippen molar-refractivity contribution < 1.29 is 28.6 Å². The topological polar surface area (TPSA) is 97.4 Å². The van der Waals surface area contributed by atoms with Crippen molar-refractivity contribution in [3.05, 3.63) is 82.0 Å². The van der Waals surface area contributed by atoms with E-state index in [4.69, 9.17) is 14.2 Å². The number of carbonyl (C=O) groups is 3. The summed E-state index contributed by atoms with van der Waals surface area (Å²) in [5, 5.41) is 5.22. The molecule has 1 aromatic heterocycles. The largest absolute Gasteiger partial charge is 0.497 e. The number of likely N-dealkylation sites (tertiary alicyclic amines) is 1. The van der Waals surface area contributed by atoms with E-state index in [1.54, 1.807) is 48.3 Å². The molecule has 216 valence electrons. The van der Waals surface area contributed by atoms with Gasteiger partial charge in [0.25, 0.3) is 0 Å². The molecule has 5 rings (SSSR count). The number of carbonyl (C=O) groups excluding carboxylic acids is 3. The molecule has 2 aliphatic rings. The lowest BCUT2D eigenvalue weighted by Gasteiger charge is -2.36. The number of Topliss-reactive ketones (excluding diaryl/α,β-unsaturated/α-hetero) is 1. The Hall–Kier alpha value is -3.73. The quantitative estimate of drug-likeness (QED) is 0.390. The Labute approximate surface area is 244 Å². The Bertz CT molecular complexity index is 1340. The van der Waals surface area contributed by atoms with E-state index in [0.29, 0.717) is 43.2 Å². The van der Waals surface area contributed by atoms with E-state index < -0.39 is 23.9 Å². The Morgan fingerprint density at radius 2 is 1.54 bits per heavy atom. The molecule has 4 atom stereocenters. The summed E-state index contributed by atoms with van der Waals surface area (Å²) in [7, 11) is 4.63. The second-order valence-corrected chi connectivity index (χ2v) is 11.1. The van der Waals surface area contributed by atoms with Crippen LogP contribution in [0.5, 0.6) is 11.5 Å². The summed E-state index contributed by atoms with van der Waals surface area (Å²) in [6.07, 6.45) is 0. The molecule has 10 heteroatoms. The molecule has 0 spiro atoms. The highest BCUT2D eigenvalue weighted by Gasteiger charge is 2.58. The lowest BCUT2D eigenvalue weighted by molar-refractivity contribution is -0.148. The second-order valence-electron chi connectivity index (χ2n) is 10.1. The van der Waals surface area contributed by atoms with Crippen LogP contribution < -0.4 is 14.8 Å². The second kappa shape index (κ2) is 12.8. The van der Waals surface area contributed by atoms with Gasteiger partial charge in [-0.1, -0.05) is 18.2 Å². The maximum atomic E-state index is 14.6. The Balaban J connectivity index is 1.71. The molecule has 9 nitrogen and oxygen atoms in total. The molecule has 0 aliphatic carbocycles. The third-order valence-electron chi connectivity index (χ3n) is 7.92. The van der Waals surface area contributed by atoms with Crippen LogP contribution >= 0.6 is 11.3 Å². The summed E-state index contributed by atoms with van der Waals surface area (Å²) in [4.78, 5) is 47.2. The monoisotopic (exact) mass is 577 g/mol. The van der Waals surface area contributed by atoms with Crippen molar-refractivity contribution in [3.8, 4) is 11.5 Å². The van der Waals surface area contributed by atoms with Crippen molar-refractivity contribution >= 4 is 28.9 Å². The number of nitrogens with zero attached hydrogens (tertiary/aromatic N) is 2. The number of hydrogen-bond acceptors (Lipinski definition) is 8. The van der Waals surface area contributed by atoms with Crippen molar-refractivity contribution in [1.82, 2.24) is 15.1 Å². The Morgan fingerprint density at radius 3 is 2.10 bits per heavy atom. The average Bonchev–Trinajstić information content (AvgIpc) is 3.67. The highest BCUT2D eigenvalue weighted by Crippen LogP contribution is 2.52. The van der Waals surface area contributed by atoms with Gasteiger partial charge in [0.15, 0.2) is 5.78 Å². The van der Waals surface area contributed by atoms with Gasteiger partial charge in [-0.25, -0.2) is 0 Å². The number of piperazine rings is 1. The number of ether oxygens (including phenoxy) is 3. The molecule has 2 fully saturated rings. The van der Waals surface area contributed by atoms with Crippen LogP contribution in [0.15, 0.2) is 66.0 Å². The van der Waals surface area contributed by atoms with Gasteiger partial charge in [0.2, 0.25) is 11.8 Å². The molecule has 2 aliphatic heterocycles. The zero-order valence-electron chi connectivity index (χ0n) is 23.4. The number of nitrogens with one attached hydrogen (secondary N) is 1. The smallest absolute Gasteiger partial charge is 0.249 e. The summed E-state index contributed by atoms with van der Waals surface area (Å²) in [5.41, 5.74) is 1.28. The maximum Gasteiger partial charge on any atom is 0.249 e. The highest BCUT2D eigenvalue weighted by molar-refractivity contribution is 7.10. The van der Waals surface area contributed by atoms with Crippen LogP contribution in [-0.4, -0.2) is 87.6 Å². The molecule has 4 unspecified atom stereocenters. The van der Waals surface area contributed by atoms with Crippen LogP contribution in [0.2, 0.25) is 0 Å². The molecule has 0 saturated carbocycles. The third kappa shape index (κ3) is 5.72. The molecular weight excluding hydrogens is 542 g/mol. The maximum absolute atomic E-state index is 14.6. The molecule has 3 heterocycles.